The first-order chi connectivity index (χ1) is 20.2. The van der Waals surface area contributed by atoms with E-state index >= 15 is 0 Å². The molecule has 0 aliphatic rings. The van der Waals surface area contributed by atoms with E-state index < -0.39 is 0 Å². The Bertz CT molecular complexity index is 2000. The van der Waals surface area contributed by atoms with Crippen LogP contribution < -0.4 is 0 Å². The fourth-order valence-electron chi connectivity index (χ4n) is 5.31. The van der Waals surface area contributed by atoms with E-state index in [1.54, 1.807) is 0 Å². The standard InChI is InChI=1S/C38H25ClN2/c39-35-21-10-9-20-33(35)34-24-31(23-29-16-7-8-19-32(29)34)37-25-36(27-14-5-2-6-15-27)40-38(41-37)30-18-11-17-28(22-30)26-12-3-1-4-13-26/h1-25H. The normalized spacial score (nSPS) is 11.0. The molecule has 41 heavy (non-hydrogen) atoms. The fourth-order valence-corrected chi connectivity index (χ4v) is 5.55. The third-order valence-corrected chi connectivity index (χ3v) is 7.67. The maximum Gasteiger partial charge on any atom is 0.160 e. The summed E-state index contributed by atoms with van der Waals surface area (Å²) in [6.45, 7) is 0. The molecule has 0 saturated heterocycles. The van der Waals surface area contributed by atoms with E-state index in [4.69, 9.17) is 21.6 Å². The van der Waals surface area contributed by atoms with Gasteiger partial charge in [0.15, 0.2) is 5.82 Å². The van der Waals surface area contributed by atoms with Gasteiger partial charge in [-0.25, -0.2) is 9.97 Å². The highest BCUT2D eigenvalue weighted by atomic mass is 35.5. The Labute approximate surface area is 244 Å². The second-order valence-corrected chi connectivity index (χ2v) is 10.4. The van der Waals surface area contributed by atoms with Crippen LogP contribution in [-0.4, -0.2) is 9.97 Å². The van der Waals surface area contributed by atoms with Gasteiger partial charge < -0.3 is 0 Å². The lowest BCUT2D eigenvalue weighted by Gasteiger charge is -2.14. The van der Waals surface area contributed by atoms with Crippen LogP contribution in [0.4, 0.5) is 0 Å². The minimum atomic E-state index is 0.687. The third kappa shape index (κ3) is 5.02. The molecule has 0 radical (unpaired) electrons. The van der Waals surface area contributed by atoms with Gasteiger partial charge in [0.2, 0.25) is 0 Å². The molecule has 0 aliphatic heterocycles. The molecule has 0 atom stereocenters. The van der Waals surface area contributed by atoms with E-state index in [1.165, 1.54) is 0 Å². The van der Waals surface area contributed by atoms with Crippen molar-refractivity contribution >= 4 is 22.4 Å². The maximum atomic E-state index is 6.71. The Morgan fingerprint density at radius 2 is 1.00 bits per heavy atom. The van der Waals surface area contributed by atoms with Crippen molar-refractivity contribution in [2.24, 2.45) is 0 Å². The van der Waals surface area contributed by atoms with E-state index in [0.29, 0.717) is 5.82 Å². The Morgan fingerprint density at radius 3 is 1.78 bits per heavy atom. The van der Waals surface area contributed by atoms with Gasteiger partial charge in [0.1, 0.15) is 0 Å². The van der Waals surface area contributed by atoms with E-state index in [0.717, 1.165) is 66.1 Å². The van der Waals surface area contributed by atoms with Crippen molar-refractivity contribution < 1.29 is 0 Å². The number of hydrogen-bond acceptors (Lipinski definition) is 2. The van der Waals surface area contributed by atoms with Gasteiger partial charge in [0, 0.05) is 27.3 Å². The number of hydrogen-bond donors (Lipinski definition) is 0. The number of fused-ring (bicyclic) bond motifs is 1. The van der Waals surface area contributed by atoms with Gasteiger partial charge in [-0.1, -0.05) is 133 Å². The monoisotopic (exact) mass is 544 g/mol. The molecule has 1 aromatic heterocycles. The molecule has 0 N–H and O–H groups in total. The summed E-state index contributed by atoms with van der Waals surface area (Å²) in [5.41, 5.74) is 9.13. The molecule has 1 heterocycles. The quantitative estimate of drug-likeness (QED) is 0.215. The smallest absolute Gasteiger partial charge is 0.160 e. The van der Waals surface area contributed by atoms with Gasteiger partial charge in [0.25, 0.3) is 0 Å². The molecule has 6 aromatic carbocycles. The van der Waals surface area contributed by atoms with Crippen LogP contribution in [0.1, 0.15) is 0 Å². The van der Waals surface area contributed by atoms with Gasteiger partial charge in [-0.05, 0) is 57.8 Å². The zero-order valence-electron chi connectivity index (χ0n) is 22.2. The highest BCUT2D eigenvalue weighted by molar-refractivity contribution is 6.33. The molecule has 7 rings (SSSR count). The van der Waals surface area contributed by atoms with Crippen molar-refractivity contribution in [3.8, 4) is 56.2 Å². The van der Waals surface area contributed by atoms with Gasteiger partial charge in [-0.15, -0.1) is 0 Å². The average Bonchev–Trinajstić information content (AvgIpc) is 3.05. The maximum absolute atomic E-state index is 6.71. The molecule has 0 bridgehead atoms. The zero-order chi connectivity index (χ0) is 27.6. The SMILES string of the molecule is Clc1ccccc1-c1cc(-c2cc(-c3ccccc3)nc(-c3cccc(-c4ccccc4)c3)n2)cc2ccccc12. The lowest BCUT2D eigenvalue weighted by atomic mass is 9.94. The van der Waals surface area contributed by atoms with Crippen LogP contribution in [0.5, 0.6) is 0 Å². The third-order valence-electron chi connectivity index (χ3n) is 7.35. The Balaban J connectivity index is 1.45. The summed E-state index contributed by atoms with van der Waals surface area (Å²) in [4.78, 5) is 10.2. The minimum Gasteiger partial charge on any atom is -0.228 e. The van der Waals surface area contributed by atoms with E-state index in [9.17, 15) is 0 Å². The highest BCUT2D eigenvalue weighted by Crippen LogP contribution is 2.38. The molecular weight excluding hydrogens is 520 g/mol. The first kappa shape index (κ1) is 25.0. The van der Waals surface area contributed by atoms with Crippen LogP contribution in [0.3, 0.4) is 0 Å². The van der Waals surface area contributed by atoms with E-state index in [2.05, 4.69) is 109 Å². The summed E-state index contributed by atoms with van der Waals surface area (Å²) < 4.78 is 0. The molecule has 3 heteroatoms. The summed E-state index contributed by atoms with van der Waals surface area (Å²) in [6, 6.07) is 52.0. The highest BCUT2D eigenvalue weighted by Gasteiger charge is 2.15. The molecule has 0 amide bonds. The predicted molar refractivity (Wildman–Crippen MR) is 172 cm³/mol. The molecule has 0 aliphatic carbocycles. The predicted octanol–water partition coefficient (Wildman–Crippen LogP) is 10.6. The van der Waals surface area contributed by atoms with Crippen LogP contribution in [0.25, 0.3) is 66.9 Å². The fraction of sp³-hybridized carbons (Fsp3) is 0. The lowest BCUT2D eigenvalue weighted by molar-refractivity contribution is 1.18. The molecule has 7 aromatic rings. The molecular formula is C38H25ClN2. The second-order valence-electron chi connectivity index (χ2n) is 10.00. The summed E-state index contributed by atoms with van der Waals surface area (Å²) in [7, 11) is 0. The Kier molecular flexibility index (Phi) is 6.60. The number of rotatable bonds is 5. The minimum absolute atomic E-state index is 0.687. The lowest BCUT2D eigenvalue weighted by Crippen LogP contribution is -1.97. The number of halogens is 1. The van der Waals surface area contributed by atoms with Gasteiger partial charge in [-0.2, -0.15) is 0 Å². The van der Waals surface area contributed by atoms with E-state index in [1.807, 2.05) is 42.5 Å². The van der Waals surface area contributed by atoms with Crippen LogP contribution in [-0.2, 0) is 0 Å². The first-order valence-electron chi connectivity index (χ1n) is 13.6. The van der Waals surface area contributed by atoms with Gasteiger partial charge in [0.05, 0.1) is 11.4 Å². The van der Waals surface area contributed by atoms with Crippen LogP contribution in [0.2, 0.25) is 5.02 Å². The molecule has 0 unspecified atom stereocenters. The summed E-state index contributed by atoms with van der Waals surface area (Å²) >= 11 is 6.71. The Hall–Kier alpha value is -5.05. The van der Waals surface area contributed by atoms with Crippen LogP contribution >= 0.6 is 11.6 Å². The van der Waals surface area contributed by atoms with Crippen molar-refractivity contribution in [3.63, 3.8) is 0 Å². The van der Waals surface area contributed by atoms with Crippen LogP contribution in [0.15, 0.2) is 152 Å². The van der Waals surface area contributed by atoms with E-state index in [-0.39, 0.29) is 0 Å². The average molecular weight is 545 g/mol. The second kappa shape index (κ2) is 10.8. The first-order valence-corrected chi connectivity index (χ1v) is 14.0. The Morgan fingerprint density at radius 1 is 0.390 bits per heavy atom. The van der Waals surface area contributed by atoms with Crippen LogP contribution in [0, 0.1) is 0 Å². The number of benzene rings is 6. The van der Waals surface area contributed by atoms with Crippen molar-refractivity contribution in [2.45, 2.75) is 0 Å². The molecule has 0 spiro atoms. The molecule has 0 saturated carbocycles. The van der Waals surface area contributed by atoms with Crippen molar-refractivity contribution in [1.82, 2.24) is 9.97 Å². The number of nitrogens with zero attached hydrogens (tertiary/aromatic N) is 2. The van der Waals surface area contributed by atoms with Gasteiger partial charge in [-0.3, -0.25) is 0 Å². The topological polar surface area (TPSA) is 25.8 Å². The van der Waals surface area contributed by atoms with Crippen molar-refractivity contribution in [1.29, 1.82) is 0 Å². The summed E-state index contributed by atoms with van der Waals surface area (Å²) in [5.74, 6) is 0.687. The van der Waals surface area contributed by atoms with Crippen molar-refractivity contribution in [3.05, 3.63) is 157 Å². The molecule has 2 nitrogen and oxygen atoms in total. The van der Waals surface area contributed by atoms with Gasteiger partial charge >= 0.3 is 0 Å². The summed E-state index contributed by atoms with van der Waals surface area (Å²) in [5, 5.41) is 3.01. The zero-order valence-corrected chi connectivity index (χ0v) is 23.0. The largest absolute Gasteiger partial charge is 0.228 e. The molecule has 194 valence electrons. The summed E-state index contributed by atoms with van der Waals surface area (Å²) in [6.07, 6.45) is 0. The molecule has 0 fully saturated rings. The number of aromatic nitrogens is 2. The van der Waals surface area contributed by atoms with Crippen molar-refractivity contribution in [2.75, 3.05) is 0 Å².